The predicted molar refractivity (Wildman–Crippen MR) is 155 cm³/mol. The predicted octanol–water partition coefficient (Wildman–Crippen LogP) is 0.270. The third-order valence-electron chi connectivity index (χ3n) is 6.51. The Kier molecular flexibility index (Phi) is 11.6. The van der Waals surface area contributed by atoms with E-state index < -0.39 is 54.5 Å². The third-order valence-corrected chi connectivity index (χ3v) is 7.15. The lowest BCUT2D eigenvalue weighted by atomic mass is 10.0. The summed E-state index contributed by atoms with van der Waals surface area (Å²) in [6.07, 6.45) is 3.98. The van der Waals surface area contributed by atoms with Gasteiger partial charge < -0.3 is 42.0 Å². The van der Waals surface area contributed by atoms with Crippen LogP contribution in [0.4, 0.5) is 0 Å². The zero-order valence-corrected chi connectivity index (χ0v) is 23.3. The van der Waals surface area contributed by atoms with Gasteiger partial charge in [-0.3, -0.25) is 14.4 Å². The number of aliphatic hydroxyl groups is 1. The van der Waals surface area contributed by atoms with Crippen molar-refractivity contribution in [1.82, 2.24) is 20.9 Å². The van der Waals surface area contributed by atoms with Crippen molar-refractivity contribution >= 4 is 46.4 Å². The van der Waals surface area contributed by atoms with Crippen molar-refractivity contribution in [2.75, 3.05) is 18.6 Å². The number of carboxylic acids is 1. The summed E-state index contributed by atoms with van der Waals surface area (Å²) >= 11 is 1.53. The first kappa shape index (κ1) is 31.5. The molecule has 1 aromatic heterocycles. The minimum atomic E-state index is -1.49. The van der Waals surface area contributed by atoms with E-state index in [9.17, 15) is 34.5 Å². The summed E-state index contributed by atoms with van der Waals surface area (Å²) in [6.45, 7) is -0.815. The van der Waals surface area contributed by atoms with Crippen molar-refractivity contribution in [3.63, 3.8) is 0 Å². The highest BCUT2D eigenvalue weighted by molar-refractivity contribution is 7.98. The lowest BCUT2D eigenvalue weighted by Crippen LogP contribution is -2.58. The monoisotopic (exact) mass is 585 g/mol. The molecule has 0 radical (unpaired) electrons. The number of aromatic hydroxyl groups is 1. The second-order valence-electron chi connectivity index (χ2n) is 9.53. The molecule has 12 nitrogen and oxygen atoms in total. The molecule has 3 amide bonds. The van der Waals surface area contributed by atoms with Crippen LogP contribution in [-0.2, 0) is 32.0 Å². The fourth-order valence-electron chi connectivity index (χ4n) is 4.19. The minimum Gasteiger partial charge on any atom is -0.508 e. The van der Waals surface area contributed by atoms with Crippen LogP contribution in [0.5, 0.6) is 5.75 Å². The summed E-state index contributed by atoms with van der Waals surface area (Å²) in [5, 5.41) is 37.3. The number of fused-ring (bicyclic) bond motifs is 1. The SMILES string of the molecule is CSCCC(N)C(=O)NC(Cc1c[nH]c2ccccc12)C(=O)NC(CO)C(=O)NC(Cc1ccc(O)cc1)C(=O)O. The Morgan fingerprint density at radius 2 is 1.54 bits per heavy atom. The maximum Gasteiger partial charge on any atom is 0.326 e. The molecule has 2 aromatic carbocycles. The van der Waals surface area contributed by atoms with Crippen molar-refractivity contribution in [1.29, 1.82) is 0 Å². The number of thioether (sulfide) groups is 1. The molecule has 1 heterocycles. The number of hydrogen-bond donors (Lipinski definition) is 8. The number of carbonyl (C=O) groups is 4. The van der Waals surface area contributed by atoms with Crippen LogP contribution in [0, 0.1) is 0 Å². The van der Waals surface area contributed by atoms with Gasteiger partial charge in [0.2, 0.25) is 17.7 Å². The number of hydrogen-bond acceptors (Lipinski definition) is 8. The number of aliphatic hydroxyl groups excluding tert-OH is 1. The summed E-state index contributed by atoms with van der Waals surface area (Å²) in [6, 6.07) is 8.40. The second kappa shape index (κ2) is 15.1. The Balaban J connectivity index is 1.75. The van der Waals surface area contributed by atoms with Crippen LogP contribution in [0.3, 0.4) is 0 Å². The number of amides is 3. The van der Waals surface area contributed by atoms with Gasteiger partial charge >= 0.3 is 5.97 Å². The van der Waals surface area contributed by atoms with Gasteiger partial charge in [0, 0.05) is 29.9 Å². The Labute approximate surface area is 241 Å². The molecule has 4 unspecified atom stereocenters. The number of phenols is 1. The normalized spacial score (nSPS) is 14.0. The molecule has 3 aromatic rings. The summed E-state index contributed by atoms with van der Waals surface area (Å²) in [4.78, 5) is 54.1. The van der Waals surface area contributed by atoms with Gasteiger partial charge in [-0.25, -0.2) is 4.79 Å². The number of nitrogens with one attached hydrogen (secondary N) is 4. The summed E-state index contributed by atoms with van der Waals surface area (Å²) in [7, 11) is 0. The number of phenolic OH excluding ortho intramolecular Hbond substituents is 1. The van der Waals surface area contributed by atoms with Gasteiger partial charge in [0.1, 0.15) is 23.9 Å². The number of aliphatic carboxylic acids is 1. The number of para-hydroxylation sites is 1. The van der Waals surface area contributed by atoms with Crippen molar-refractivity contribution in [2.24, 2.45) is 5.73 Å². The van der Waals surface area contributed by atoms with Gasteiger partial charge in [0.25, 0.3) is 0 Å². The molecule has 220 valence electrons. The zero-order chi connectivity index (χ0) is 29.9. The average Bonchev–Trinajstić information content (AvgIpc) is 3.37. The van der Waals surface area contributed by atoms with Gasteiger partial charge in [-0.05, 0) is 47.8 Å². The van der Waals surface area contributed by atoms with Crippen molar-refractivity contribution in [2.45, 2.75) is 43.4 Å². The van der Waals surface area contributed by atoms with E-state index in [1.54, 1.807) is 6.20 Å². The molecule has 0 saturated carbocycles. The number of H-pyrrole nitrogens is 1. The fraction of sp³-hybridized carbons (Fsp3) is 0.357. The molecule has 0 fully saturated rings. The number of aromatic amines is 1. The van der Waals surface area contributed by atoms with Crippen LogP contribution in [0.25, 0.3) is 10.9 Å². The van der Waals surface area contributed by atoms with Crippen molar-refractivity contribution in [3.05, 3.63) is 65.9 Å². The quantitative estimate of drug-likeness (QED) is 0.123. The Morgan fingerprint density at radius 3 is 2.20 bits per heavy atom. The summed E-state index contributed by atoms with van der Waals surface area (Å²) in [5.74, 6) is -2.87. The minimum absolute atomic E-state index is 0.00667. The van der Waals surface area contributed by atoms with Gasteiger partial charge in [-0.2, -0.15) is 11.8 Å². The smallest absolute Gasteiger partial charge is 0.326 e. The molecule has 3 rings (SSSR count). The zero-order valence-electron chi connectivity index (χ0n) is 22.5. The van der Waals surface area contributed by atoms with Crippen molar-refractivity contribution in [3.8, 4) is 5.75 Å². The molecule has 0 spiro atoms. The van der Waals surface area contributed by atoms with E-state index >= 15 is 0 Å². The molecule has 41 heavy (non-hydrogen) atoms. The van der Waals surface area contributed by atoms with Gasteiger partial charge in [-0.15, -0.1) is 0 Å². The van der Waals surface area contributed by atoms with Crippen LogP contribution >= 0.6 is 11.8 Å². The number of benzene rings is 2. The molecular formula is C28H35N5O7S. The highest BCUT2D eigenvalue weighted by Crippen LogP contribution is 2.19. The lowest BCUT2D eigenvalue weighted by molar-refractivity contribution is -0.142. The standard InChI is InChI=1S/C28H35N5O7S/c1-41-11-10-20(29)25(36)31-22(13-17-14-30-21-5-3-2-4-19(17)21)26(37)33-24(15-34)27(38)32-23(28(39)40)12-16-6-8-18(35)9-7-16/h2-9,14,20,22-24,30,34-35H,10-13,15,29H2,1H3,(H,31,36)(H,32,38)(H,33,37)(H,39,40). The first-order valence-electron chi connectivity index (χ1n) is 12.9. The Hall–Kier alpha value is -4.07. The van der Waals surface area contributed by atoms with Crippen LogP contribution in [-0.4, -0.2) is 86.8 Å². The van der Waals surface area contributed by atoms with Crippen LogP contribution in [0.1, 0.15) is 17.5 Å². The van der Waals surface area contributed by atoms with E-state index in [0.717, 1.165) is 16.5 Å². The molecule has 13 heteroatoms. The molecule has 0 bridgehead atoms. The molecule has 0 aliphatic heterocycles. The molecule has 0 aliphatic rings. The topological polar surface area (TPSA) is 207 Å². The van der Waals surface area contributed by atoms with Crippen molar-refractivity contribution < 1.29 is 34.5 Å². The Morgan fingerprint density at radius 1 is 0.902 bits per heavy atom. The average molecular weight is 586 g/mol. The maximum absolute atomic E-state index is 13.4. The van der Waals surface area contributed by atoms with E-state index in [1.807, 2.05) is 30.5 Å². The summed E-state index contributed by atoms with van der Waals surface area (Å²) in [5.41, 5.74) is 8.13. The highest BCUT2D eigenvalue weighted by Gasteiger charge is 2.30. The molecule has 4 atom stereocenters. The number of aromatic nitrogens is 1. The number of nitrogens with two attached hydrogens (primary N) is 1. The Bertz CT molecular complexity index is 1350. The highest BCUT2D eigenvalue weighted by atomic mass is 32.2. The van der Waals surface area contributed by atoms with E-state index in [-0.39, 0.29) is 18.6 Å². The van der Waals surface area contributed by atoms with Gasteiger partial charge in [0.15, 0.2) is 0 Å². The largest absolute Gasteiger partial charge is 0.508 e. The van der Waals surface area contributed by atoms with Crippen LogP contribution in [0.2, 0.25) is 0 Å². The van der Waals surface area contributed by atoms with E-state index in [1.165, 1.54) is 36.0 Å². The number of carbonyl (C=O) groups excluding carboxylic acids is 3. The second-order valence-corrected chi connectivity index (χ2v) is 10.5. The van der Waals surface area contributed by atoms with E-state index in [0.29, 0.717) is 17.7 Å². The summed E-state index contributed by atoms with van der Waals surface area (Å²) < 4.78 is 0. The third kappa shape index (κ3) is 8.96. The number of rotatable bonds is 15. The van der Waals surface area contributed by atoms with E-state index in [2.05, 4.69) is 20.9 Å². The van der Waals surface area contributed by atoms with Gasteiger partial charge in [-0.1, -0.05) is 30.3 Å². The molecule has 0 saturated heterocycles. The van der Waals surface area contributed by atoms with E-state index in [4.69, 9.17) is 5.73 Å². The van der Waals surface area contributed by atoms with Crippen LogP contribution in [0.15, 0.2) is 54.7 Å². The first-order chi connectivity index (χ1) is 19.6. The molecular weight excluding hydrogens is 550 g/mol. The first-order valence-corrected chi connectivity index (χ1v) is 14.3. The lowest BCUT2D eigenvalue weighted by Gasteiger charge is -2.24. The molecule has 9 N–H and O–H groups in total. The van der Waals surface area contributed by atoms with Crippen LogP contribution < -0.4 is 21.7 Å². The number of carboxylic acid groups (broad SMARTS) is 1. The van der Waals surface area contributed by atoms with Gasteiger partial charge in [0.05, 0.1) is 12.6 Å². The molecule has 0 aliphatic carbocycles. The fourth-order valence-corrected chi connectivity index (χ4v) is 4.68. The maximum atomic E-state index is 13.4.